The maximum Gasteiger partial charge on any atom is 0.262 e. The molecule has 4 rings (SSSR count). The van der Waals surface area contributed by atoms with Crippen molar-refractivity contribution in [2.24, 2.45) is 0 Å². The summed E-state index contributed by atoms with van der Waals surface area (Å²) in [6.07, 6.45) is 3.71. The van der Waals surface area contributed by atoms with Crippen LogP contribution in [0.5, 0.6) is 0 Å². The van der Waals surface area contributed by atoms with Gasteiger partial charge < -0.3 is 15.5 Å². The zero-order chi connectivity index (χ0) is 22.5. The number of benzene rings is 1. The molecule has 172 valence electrons. The fourth-order valence-electron chi connectivity index (χ4n) is 4.57. The first-order chi connectivity index (χ1) is 15.5. The molecule has 1 atom stereocenters. The summed E-state index contributed by atoms with van der Waals surface area (Å²) in [6, 6.07) is 4.31. The molecule has 0 spiro atoms. The number of carbonyl (C=O) groups is 4. The van der Waals surface area contributed by atoms with Crippen molar-refractivity contribution in [2.45, 2.75) is 44.7 Å². The van der Waals surface area contributed by atoms with Crippen LogP contribution in [-0.4, -0.2) is 78.7 Å². The van der Waals surface area contributed by atoms with Crippen LogP contribution in [0, 0.1) is 0 Å². The normalized spacial score (nSPS) is 22.1. The molecule has 9 nitrogen and oxygen atoms in total. The number of hydrogen-bond donors (Lipinski definition) is 3. The van der Waals surface area contributed by atoms with E-state index in [0.717, 1.165) is 62.6 Å². The summed E-state index contributed by atoms with van der Waals surface area (Å²) >= 11 is 0. The number of fused-ring (bicyclic) bond motifs is 1. The molecule has 3 N–H and O–H groups in total. The topological polar surface area (TPSA) is 111 Å². The second-order valence-corrected chi connectivity index (χ2v) is 8.66. The van der Waals surface area contributed by atoms with Gasteiger partial charge in [0.05, 0.1) is 11.1 Å². The van der Waals surface area contributed by atoms with Crippen LogP contribution in [-0.2, 0) is 16.1 Å². The molecule has 0 aliphatic carbocycles. The Morgan fingerprint density at radius 1 is 1.00 bits per heavy atom. The van der Waals surface area contributed by atoms with Crippen LogP contribution in [0.2, 0.25) is 0 Å². The molecule has 4 amide bonds. The van der Waals surface area contributed by atoms with Crippen LogP contribution in [0.1, 0.15) is 58.4 Å². The van der Waals surface area contributed by atoms with Crippen molar-refractivity contribution in [1.82, 2.24) is 25.8 Å². The highest BCUT2D eigenvalue weighted by Crippen LogP contribution is 2.28. The molecular weight excluding hydrogens is 410 g/mol. The summed E-state index contributed by atoms with van der Waals surface area (Å²) in [5.74, 6) is -1.90. The highest BCUT2D eigenvalue weighted by atomic mass is 16.2. The standard InChI is InChI=1S/C23H31N5O4/c29-20-7-6-19(21(30)26-20)28-22(31)17-5-4-16(14-18(17)23(28)32)15-25-8-1-2-11-27-12-3-9-24-10-13-27/h4-5,14,19,24-25H,1-3,6-13,15H2,(H,26,29,30). The molecule has 0 radical (unpaired) electrons. The summed E-state index contributed by atoms with van der Waals surface area (Å²) < 4.78 is 0. The van der Waals surface area contributed by atoms with Gasteiger partial charge in [0.15, 0.2) is 0 Å². The first kappa shape index (κ1) is 22.6. The molecule has 3 aliphatic rings. The van der Waals surface area contributed by atoms with Crippen molar-refractivity contribution >= 4 is 23.6 Å². The maximum absolute atomic E-state index is 12.9. The molecule has 1 aromatic carbocycles. The van der Waals surface area contributed by atoms with E-state index in [9.17, 15) is 19.2 Å². The number of imide groups is 2. The number of piperidine rings is 1. The van der Waals surface area contributed by atoms with E-state index < -0.39 is 23.8 Å². The number of hydrogen-bond acceptors (Lipinski definition) is 7. The lowest BCUT2D eigenvalue weighted by Crippen LogP contribution is -2.54. The zero-order valence-electron chi connectivity index (χ0n) is 18.3. The van der Waals surface area contributed by atoms with Gasteiger partial charge in [0.2, 0.25) is 11.8 Å². The Labute approximate surface area is 187 Å². The molecule has 0 saturated carbocycles. The average molecular weight is 442 g/mol. The summed E-state index contributed by atoms with van der Waals surface area (Å²) in [4.78, 5) is 52.7. The summed E-state index contributed by atoms with van der Waals surface area (Å²) in [5.41, 5.74) is 1.57. The highest BCUT2D eigenvalue weighted by Gasteiger charge is 2.44. The molecule has 32 heavy (non-hydrogen) atoms. The lowest BCUT2D eigenvalue weighted by atomic mass is 10.0. The SMILES string of the molecule is O=C1CCC(N2C(=O)c3ccc(CNCCCCN4CCCNCC4)cc3C2=O)C(=O)N1. The van der Waals surface area contributed by atoms with Crippen molar-refractivity contribution < 1.29 is 19.2 Å². The average Bonchev–Trinajstić information content (AvgIpc) is 2.95. The summed E-state index contributed by atoms with van der Waals surface area (Å²) in [5, 5.41) is 9.05. The van der Waals surface area contributed by atoms with E-state index in [0.29, 0.717) is 17.7 Å². The van der Waals surface area contributed by atoms with Crippen molar-refractivity contribution in [3.05, 3.63) is 34.9 Å². The molecule has 1 aromatic rings. The maximum atomic E-state index is 12.9. The molecule has 3 aliphatic heterocycles. The predicted molar refractivity (Wildman–Crippen MR) is 118 cm³/mol. The molecule has 2 fully saturated rings. The van der Waals surface area contributed by atoms with Gasteiger partial charge in [0.25, 0.3) is 11.8 Å². The third-order valence-electron chi connectivity index (χ3n) is 6.34. The van der Waals surface area contributed by atoms with Gasteiger partial charge in [0, 0.05) is 26.1 Å². The first-order valence-electron chi connectivity index (χ1n) is 11.5. The highest BCUT2D eigenvalue weighted by molar-refractivity contribution is 6.23. The number of unbranched alkanes of at least 4 members (excludes halogenated alkanes) is 1. The van der Waals surface area contributed by atoms with E-state index in [2.05, 4.69) is 20.9 Å². The first-order valence-corrected chi connectivity index (χ1v) is 11.5. The fourth-order valence-corrected chi connectivity index (χ4v) is 4.57. The van der Waals surface area contributed by atoms with E-state index in [4.69, 9.17) is 0 Å². The molecule has 1 unspecified atom stereocenters. The number of amides is 4. The second kappa shape index (κ2) is 10.3. The van der Waals surface area contributed by atoms with Crippen LogP contribution < -0.4 is 16.0 Å². The minimum atomic E-state index is -0.929. The van der Waals surface area contributed by atoms with Crippen LogP contribution in [0.25, 0.3) is 0 Å². The third-order valence-corrected chi connectivity index (χ3v) is 6.34. The van der Waals surface area contributed by atoms with E-state index in [1.54, 1.807) is 12.1 Å². The monoisotopic (exact) mass is 441 g/mol. The second-order valence-electron chi connectivity index (χ2n) is 8.66. The van der Waals surface area contributed by atoms with Gasteiger partial charge in [0.1, 0.15) is 6.04 Å². The van der Waals surface area contributed by atoms with E-state index >= 15 is 0 Å². The number of nitrogens with zero attached hydrogens (tertiary/aromatic N) is 2. The number of rotatable bonds is 8. The third kappa shape index (κ3) is 5.06. The van der Waals surface area contributed by atoms with Crippen molar-refractivity contribution in [1.29, 1.82) is 0 Å². The summed E-state index contributed by atoms with van der Waals surface area (Å²) in [7, 11) is 0. The smallest absolute Gasteiger partial charge is 0.262 e. The van der Waals surface area contributed by atoms with Crippen LogP contribution >= 0.6 is 0 Å². The molecule has 0 bridgehead atoms. The van der Waals surface area contributed by atoms with Gasteiger partial charge in [-0.05, 0) is 69.6 Å². The Kier molecular flexibility index (Phi) is 7.29. The lowest BCUT2D eigenvalue weighted by molar-refractivity contribution is -0.136. The predicted octanol–water partition coefficient (Wildman–Crippen LogP) is 0.253. The molecule has 2 saturated heterocycles. The molecule has 9 heteroatoms. The zero-order valence-corrected chi connectivity index (χ0v) is 18.3. The molecule has 3 heterocycles. The Hall–Kier alpha value is -2.62. The quantitative estimate of drug-likeness (QED) is 0.392. The Morgan fingerprint density at radius 3 is 2.69 bits per heavy atom. The lowest BCUT2D eigenvalue weighted by Gasteiger charge is -2.27. The Bertz CT molecular complexity index is 894. The van der Waals surface area contributed by atoms with Crippen molar-refractivity contribution in [3.8, 4) is 0 Å². The van der Waals surface area contributed by atoms with Crippen LogP contribution in [0.3, 0.4) is 0 Å². The number of nitrogens with one attached hydrogen (secondary N) is 3. The largest absolute Gasteiger partial charge is 0.315 e. The van der Waals surface area contributed by atoms with Gasteiger partial charge in [-0.25, -0.2) is 0 Å². The minimum absolute atomic E-state index is 0.119. The minimum Gasteiger partial charge on any atom is -0.315 e. The van der Waals surface area contributed by atoms with E-state index in [-0.39, 0.29) is 18.7 Å². The van der Waals surface area contributed by atoms with Crippen LogP contribution in [0.15, 0.2) is 18.2 Å². The van der Waals surface area contributed by atoms with Crippen molar-refractivity contribution in [2.75, 3.05) is 39.3 Å². The Morgan fingerprint density at radius 2 is 1.84 bits per heavy atom. The van der Waals surface area contributed by atoms with E-state index in [1.807, 2.05) is 6.07 Å². The molecular formula is C23H31N5O4. The van der Waals surface area contributed by atoms with Gasteiger partial charge in [-0.3, -0.25) is 29.4 Å². The number of carbonyl (C=O) groups excluding carboxylic acids is 4. The van der Waals surface area contributed by atoms with Gasteiger partial charge in [-0.15, -0.1) is 0 Å². The van der Waals surface area contributed by atoms with Gasteiger partial charge in [-0.2, -0.15) is 0 Å². The Balaban J connectivity index is 1.26. The van der Waals surface area contributed by atoms with Gasteiger partial charge >= 0.3 is 0 Å². The van der Waals surface area contributed by atoms with Crippen molar-refractivity contribution in [3.63, 3.8) is 0 Å². The van der Waals surface area contributed by atoms with Crippen LogP contribution in [0.4, 0.5) is 0 Å². The van der Waals surface area contributed by atoms with E-state index in [1.165, 1.54) is 6.42 Å². The fraction of sp³-hybridized carbons (Fsp3) is 0.565. The van der Waals surface area contributed by atoms with Gasteiger partial charge in [-0.1, -0.05) is 6.07 Å². The summed E-state index contributed by atoms with van der Waals surface area (Å²) in [6.45, 7) is 7.08. The molecule has 0 aromatic heterocycles.